The molecule has 1 aliphatic rings. The first kappa shape index (κ1) is 17.3. The lowest BCUT2D eigenvalue weighted by Crippen LogP contribution is -2.39. The molecule has 27 heavy (non-hydrogen) atoms. The van der Waals surface area contributed by atoms with Crippen molar-refractivity contribution in [1.29, 1.82) is 0 Å². The Hall–Kier alpha value is -3.16. The molecular formula is C19H18FN5O2. The van der Waals surface area contributed by atoms with Gasteiger partial charge in [-0.1, -0.05) is 11.2 Å². The Bertz CT molecular complexity index is 923. The normalized spacial score (nSPS) is 15.1. The van der Waals surface area contributed by atoms with Gasteiger partial charge >= 0.3 is 0 Å². The van der Waals surface area contributed by atoms with E-state index in [1.165, 1.54) is 18.3 Å². The average molecular weight is 367 g/mol. The van der Waals surface area contributed by atoms with Crippen LogP contribution in [-0.2, 0) is 11.2 Å². The van der Waals surface area contributed by atoms with E-state index in [2.05, 4.69) is 20.1 Å². The number of hydrogen-bond donors (Lipinski definition) is 0. The molecule has 8 heteroatoms. The summed E-state index contributed by atoms with van der Waals surface area (Å²) < 4.78 is 19.1. The molecule has 7 nitrogen and oxygen atoms in total. The molecule has 1 saturated heterocycles. The smallest absolute Gasteiger partial charge is 0.230 e. The summed E-state index contributed by atoms with van der Waals surface area (Å²) in [7, 11) is 0. The van der Waals surface area contributed by atoms with Crippen LogP contribution in [-0.4, -0.2) is 44.0 Å². The Kier molecular flexibility index (Phi) is 4.86. The average Bonchev–Trinajstić information content (AvgIpc) is 3.21. The molecule has 0 saturated carbocycles. The first-order chi connectivity index (χ1) is 13.2. The van der Waals surface area contributed by atoms with Gasteiger partial charge in [0.2, 0.25) is 17.6 Å². The molecule has 4 rings (SSSR count). The number of carbonyl (C=O) groups excluding carboxylic acids is 1. The van der Waals surface area contributed by atoms with Gasteiger partial charge in [-0.15, -0.1) is 0 Å². The summed E-state index contributed by atoms with van der Waals surface area (Å²) in [6.45, 7) is 1.14. The van der Waals surface area contributed by atoms with E-state index >= 15 is 0 Å². The van der Waals surface area contributed by atoms with Gasteiger partial charge in [0.1, 0.15) is 11.5 Å². The maximum Gasteiger partial charge on any atom is 0.230 e. The molecule has 0 unspecified atom stereocenters. The summed E-state index contributed by atoms with van der Waals surface area (Å²) >= 11 is 0. The molecule has 3 aromatic rings. The van der Waals surface area contributed by atoms with Gasteiger partial charge in [-0.05, 0) is 37.1 Å². The van der Waals surface area contributed by atoms with Crippen LogP contribution in [0.15, 0.2) is 47.2 Å². The molecule has 4 heterocycles. The maximum atomic E-state index is 13.7. The molecule has 0 radical (unpaired) electrons. The van der Waals surface area contributed by atoms with Crippen LogP contribution in [0.3, 0.4) is 0 Å². The molecule has 1 aliphatic heterocycles. The van der Waals surface area contributed by atoms with Crippen molar-refractivity contribution >= 4 is 5.91 Å². The molecule has 0 aliphatic carbocycles. The minimum atomic E-state index is -0.450. The second-order valence-electron chi connectivity index (χ2n) is 6.43. The Morgan fingerprint density at radius 1 is 1.15 bits per heavy atom. The zero-order chi connectivity index (χ0) is 18.6. The largest absolute Gasteiger partial charge is 0.342 e. The van der Waals surface area contributed by atoms with Crippen molar-refractivity contribution in [3.8, 4) is 11.5 Å². The maximum absolute atomic E-state index is 13.7. The fourth-order valence-corrected chi connectivity index (χ4v) is 3.18. The predicted octanol–water partition coefficient (Wildman–Crippen LogP) is 2.61. The zero-order valence-corrected chi connectivity index (χ0v) is 14.6. The second-order valence-corrected chi connectivity index (χ2v) is 6.43. The van der Waals surface area contributed by atoms with Crippen molar-refractivity contribution < 1.29 is 13.7 Å². The van der Waals surface area contributed by atoms with Gasteiger partial charge in [0, 0.05) is 31.4 Å². The molecule has 1 fully saturated rings. The van der Waals surface area contributed by atoms with Crippen LogP contribution in [0, 0.1) is 5.82 Å². The number of aromatic nitrogens is 4. The number of hydrogen-bond acceptors (Lipinski definition) is 6. The van der Waals surface area contributed by atoms with Gasteiger partial charge in [-0.25, -0.2) is 4.39 Å². The van der Waals surface area contributed by atoms with Crippen LogP contribution in [0.5, 0.6) is 0 Å². The van der Waals surface area contributed by atoms with Crippen LogP contribution in [0.2, 0.25) is 0 Å². The van der Waals surface area contributed by atoms with E-state index in [0.717, 1.165) is 12.8 Å². The molecule has 138 valence electrons. The second kappa shape index (κ2) is 7.61. The highest BCUT2D eigenvalue weighted by Gasteiger charge is 2.28. The minimum absolute atomic E-state index is 0.0261. The number of carbonyl (C=O) groups is 1. The number of likely N-dealkylation sites (tertiary alicyclic amines) is 1. The van der Waals surface area contributed by atoms with Crippen molar-refractivity contribution in [3.63, 3.8) is 0 Å². The summed E-state index contributed by atoms with van der Waals surface area (Å²) in [5, 5.41) is 4.00. The van der Waals surface area contributed by atoms with Gasteiger partial charge in [-0.2, -0.15) is 4.98 Å². The van der Waals surface area contributed by atoms with Crippen LogP contribution in [0.4, 0.5) is 4.39 Å². The Morgan fingerprint density at radius 3 is 2.70 bits per heavy atom. The van der Waals surface area contributed by atoms with Crippen LogP contribution in [0.25, 0.3) is 11.5 Å². The summed E-state index contributed by atoms with van der Waals surface area (Å²) in [5.41, 5.74) is 0.846. The quantitative estimate of drug-likeness (QED) is 0.705. The van der Waals surface area contributed by atoms with Gasteiger partial charge in [0.15, 0.2) is 0 Å². The van der Waals surface area contributed by atoms with E-state index < -0.39 is 5.82 Å². The number of halogens is 1. The minimum Gasteiger partial charge on any atom is -0.342 e. The predicted molar refractivity (Wildman–Crippen MR) is 94.0 cm³/mol. The van der Waals surface area contributed by atoms with Crippen molar-refractivity contribution in [1.82, 2.24) is 25.0 Å². The Labute approximate surface area is 155 Å². The number of nitrogens with zero attached hydrogens (tertiary/aromatic N) is 5. The highest BCUT2D eigenvalue weighted by Crippen LogP contribution is 2.28. The summed E-state index contributed by atoms with van der Waals surface area (Å²) in [5.74, 6) is 0.568. The fraction of sp³-hybridized carbons (Fsp3) is 0.316. The number of amides is 1. The number of pyridine rings is 2. The molecule has 3 aromatic heterocycles. The van der Waals surface area contributed by atoms with Crippen LogP contribution < -0.4 is 0 Å². The van der Waals surface area contributed by atoms with Crippen LogP contribution in [0.1, 0.15) is 30.3 Å². The van der Waals surface area contributed by atoms with E-state index in [0.29, 0.717) is 30.5 Å². The van der Waals surface area contributed by atoms with Gasteiger partial charge in [-0.3, -0.25) is 14.8 Å². The van der Waals surface area contributed by atoms with E-state index in [1.807, 2.05) is 18.2 Å². The SMILES string of the molecule is O=C(Cc1ncccc1F)N1CCC(c2nc(-c3ccccn3)no2)CC1. The Balaban J connectivity index is 1.36. The molecule has 1 amide bonds. The molecule has 0 bridgehead atoms. The van der Waals surface area contributed by atoms with E-state index in [9.17, 15) is 9.18 Å². The molecule has 0 spiro atoms. The molecule has 0 N–H and O–H groups in total. The van der Waals surface area contributed by atoms with E-state index in [-0.39, 0.29) is 23.9 Å². The molecule has 0 aromatic carbocycles. The fourth-order valence-electron chi connectivity index (χ4n) is 3.18. The van der Waals surface area contributed by atoms with Gasteiger partial charge in [0.25, 0.3) is 0 Å². The summed E-state index contributed by atoms with van der Waals surface area (Å²) in [4.78, 5) is 26.8. The first-order valence-electron chi connectivity index (χ1n) is 8.83. The third-order valence-electron chi connectivity index (χ3n) is 4.69. The van der Waals surface area contributed by atoms with E-state index in [4.69, 9.17) is 4.52 Å². The third kappa shape index (κ3) is 3.84. The standard InChI is InChI=1S/C19H18FN5O2/c20-14-4-3-9-22-16(14)12-17(26)25-10-6-13(7-11-25)19-23-18(24-27-19)15-5-1-2-8-21-15/h1-5,8-9,13H,6-7,10-12H2. The number of piperidine rings is 1. The zero-order valence-electron chi connectivity index (χ0n) is 14.6. The highest BCUT2D eigenvalue weighted by atomic mass is 19.1. The highest BCUT2D eigenvalue weighted by molar-refractivity contribution is 5.78. The lowest BCUT2D eigenvalue weighted by Gasteiger charge is -2.30. The van der Waals surface area contributed by atoms with Crippen molar-refractivity contribution in [3.05, 3.63) is 60.1 Å². The lowest BCUT2D eigenvalue weighted by molar-refractivity contribution is -0.131. The van der Waals surface area contributed by atoms with Crippen LogP contribution >= 0.6 is 0 Å². The topological polar surface area (TPSA) is 85.0 Å². The summed E-state index contributed by atoms with van der Waals surface area (Å²) in [6.07, 6.45) is 4.59. The lowest BCUT2D eigenvalue weighted by atomic mass is 9.96. The third-order valence-corrected chi connectivity index (χ3v) is 4.69. The Morgan fingerprint density at radius 2 is 1.96 bits per heavy atom. The van der Waals surface area contributed by atoms with Gasteiger partial charge < -0.3 is 9.42 Å². The van der Waals surface area contributed by atoms with Gasteiger partial charge in [0.05, 0.1) is 12.1 Å². The van der Waals surface area contributed by atoms with Crippen molar-refractivity contribution in [2.45, 2.75) is 25.2 Å². The number of rotatable bonds is 4. The summed E-state index contributed by atoms with van der Waals surface area (Å²) in [6, 6.07) is 8.35. The first-order valence-corrected chi connectivity index (χ1v) is 8.83. The van der Waals surface area contributed by atoms with Crippen molar-refractivity contribution in [2.75, 3.05) is 13.1 Å². The van der Waals surface area contributed by atoms with Crippen molar-refractivity contribution in [2.24, 2.45) is 0 Å². The van der Waals surface area contributed by atoms with E-state index in [1.54, 1.807) is 11.1 Å². The molecule has 0 atom stereocenters. The monoisotopic (exact) mass is 367 g/mol. The molecular weight excluding hydrogens is 349 g/mol.